The highest BCUT2D eigenvalue weighted by Gasteiger charge is 2.36. The molecule has 1 aromatic heterocycles. The molecule has 9 heteroatoms. The Morgan fingerprint density at radius 1 is 1.24 bits per heavy atom. The third kappa shape index (κ3) is 4.23. The topological polar surface area (TPSA) is 79.6 Å². The molecule has 1 aliphatic rings. The molecule has 1 saturated heterocycles. The third-order valence-corrected chi connectivity index (χ3v) is 5.79. The summed E-state index contributed by atoms with van der Waals surface area (Å²) in [6, 6.07) is 10.5. The van der Waals surface area contributed by atoms with Crippen LogP contribution in [0.5, 0.6) is 0 Å². The zero-order valence-corrected chi connectivity index (χ0v) is 16.5. The van der Waals surface area contributed by atoms with Crippen LogP contribution in [-0.4, -0.2) is 28.5 Å². The Morgan fingerprint density at radius 3 is 2.60 bits per heavy atom. The number of hydrogen-bond donors (Lipinski definition) is 1. The maximum absolute atomic E-state index is 12.4. The quantitative estimate of drug-likeness (QED) is 0.646. The molecule has 0 saturated carbocycles. The number of halogens is 2. The number of thioether (sulfide) groups is 1. The summed E-state index contributed by atoms with van der Waals surface area (Å²) >= 11 is 7.25. The van der Waals surface area contributed by atoms with Crippen molar-refractivity contribution in [2.45, 2.75) is 0 Å². The number of nitrogens with zero attached hydrogens (tertiary/aromatic N) is 1. The molecule has 128 valence electrons. The van der Waals surface area contributed by atoms with Gasteiger partial charge in [-0.25, -0.2) is 0 Å². The summed E-state index contributed by atoms with van der Waals surface area (Å²) in [5.41, 5.74) is 0.597. The Balaban J connectivity index is 1.70. The minimum atomic E-state index is -0.526. The Labute approximate surface area is 163 Å². The molecular formula is C16H10Br2N2O4S. The Kier molecular flexibility index (Phi) is 5.45. The van der Waals surface area contributed by atoms with Gasteiger partial charge in [0.1, 0.15) is 12.3 Å². The number of para-hydroxylation sites is 1. The lowest BCUT2D eigenvalue weighted by atomic mass is 10.3. The zero-order chi connectivity index (χ0) is 18.0. The molecule has 1 N–H and O–H groups in total. The molecule has 0 aliphatic carbocycles. The van der Waals surface area contributed by atoms with Crippen LogP contribution in [-0.2, 0) is 9.59 Å². The highest BCUT2D eigenvalue weighted by Crippen LogP contribution is 2.34. The Bertz CT molecular complexity index is 860. The van der Waals surface area contributed by atoms with Crippen LogP contribution < -0.4 is 5.32 Å². The zero-order valence-electron chi connectivity index (χ0n) is 12.5. The maximum Gasteiger partial charge on any atom is 0.294 e. The van der Waals surface area contributed by atoms with Crippen LogP contribution in [0.1, 0.15) is 5.76 Å². The third-order valence-electron chi connectivity index (χ3n) is 3.17. The number of rotatable bonds is 4. The second kappa shape index (κ2) is 7.59. The van der Waals surface area contributed by atoms with Gasteiger partial charge < -0.3 is 9.73 Å². The first-order chi connectivity index (χ1) is 11.9. The van der Waals surface area contributed by atoms with Crippen LogP contribution in [0.2, 0.25) is 0 Å². The van der Waals surface area contributed by atoms with Crippen LogP contribution >= 0.6 is 43.6 Å². The monoisotopic (exact) mass is 484 g/mol. The van der Waals surface area contributed by atoms with Crippen LogP contribution in [0, 0.1) is 0 Å². The number of amides is 3. The number of furan rings is 1. The smallest absolute Gasteiger partial charge is 0.294 e. The summed E-state index contributed by atoms with van der Waals surface area (Å²) in [5.74, 6) is -0.557. The minimum Gasteiger partial charge on any atom is -0.449 e. The molecule has 0 bridgehead atoms. The first kappa shape index (κ1) is 18.0. The molecule has 2 heterocycles. The predicted molar refractivity (Wildman–Crippen MR) is 102 cm³/mol. The van der Waals surface area contributed by atoms with Crippen molar-refractivity contribution in [3.05, 3.63) is 56.2 Å². The maximum atomic E-state index is 12.4. The minimum absolute atomic E-state index is 0.200. The second-order valence-electron chi connectivity index (χ2n) is 4.95. The van der Waals surface area contributed by atoms with Gasteiger partial charge in [-0.3, -0.25) is 19.3 Å². The summed E-state index contributed by atoms with van der Waals surface area (Å²) in [6.07, 6.45) is 1.47. The van der Waals surface area contributed by atoms with Gasteiger partial charge in [-0.05, 0) is 61.8 Å². The highest BCUT2D eigenvalue weighted by atomic mass is 79.9. The van der Waals surface area contributed by atoms with Crippen LogP contribution in [0.15, 0.2) is 54.9 Å². The average molecular weight is 486 g/mol. The van der Waals surface area contributed by atoms with E-state index in [4.69, 9.17) is 4.42 Å². The molecule has 3 rings (SSSR count). The summed E-state index contributed by atoms with van der Waals surface area (Å²) in [6.45, 7) is -0.345. The largest absolute Gasteiger partial charge is 0.449 e. The number of nitrogens with one attached hydrogen (secondary N) is 1. The van der Waals surface area contributed by atoms with Gasteiger partial charge in [-0.2, -0.15) is 0 Å². The van der Waals surface area contributed by atoms with Gasteiger partial charge in [0.2, 0.25) is 5.91 Å². The number of imide groups is 1. The van der Waals surface area contributed by atoms with E-state index < -0.39 is 17.1 Å². The van der Waals surface area contributed by atoms with Crippen LogP contribution in [0.3, 0.4) is 0 Å². The van der Waals surface area contributed by atoms with E-state index in [-0.39, 0.29) is 11.4 Å². The van der Waals surface area contributed by atoms with Gasteiger partial charge in [-0.1, -0.05) is 18.2 Å². The molecule has 1 aromatic carbocycles. The number of carbonyl (C=O) groups is 3. The lowest BCUT2D eigenvalue weighted by Gasteiger charge is -2.12. The van der Waals surface area contributed by atoms with E-state index in [1.54, 1.807) is 30.3 Å². The summed E-state index contributed by atoms with van der Waals surface area (Å²) < 4.78 is 6.55. The summed E-state index contributed by atoms with van der Waals surface area (Å²) in [7, 11) is 0. The second-order valence-corrected chi connectivity index (χ2v) is 7.52. The molecule has 0 unspecified atom stereocenters. The van der Waals surface area contributed by atoms with Crippen molar-refractivity contribution in [3.8, 4) is 0 Å². The van der Waals surface area contributed by atoms with Crippen molar-refractivity contribution in [1.82, 2.24) is 4.90 Å². The van der Waals surface area contributed by atoms with Crippen molar-refractivity contribution < 1.29 is 18.8 Å². The number of carbonyl (C=O) groups excluding carboxylic acids is 3. The number of benzene rings is 1. The van der Waals surface area contributed by atoms with Gasteiger partial charge >= 0.3 is 0 Å². The van der Waals surface area contributed by atoms with E-state index in [0.717, 1.165) is 16.7 Å². The average Bonchev–Trinajstić information content (AvgIpc) is 3.02. The van der Waals surface area contributed by atoms with Crippen molar-refractivity contribution in [2.24, 2.45) is 0 Å². The van der Waals surface area contributed by atoms with Crippen molar-refractivity contribution >= 4 is 72.4 Å². The molecule has 1 aliphatic heterocycles. The molecule has 25 heavy (non-hydrogen) atoms. The van der Waals surface area contributed by atoms with Crippen molar-refractivity contribution in [2.75, 3.05) is 11.9 Å². The van der Waals surface area contributed by atoms with Gasteiger partial charge in [-0.15, -0.1) is 0 Å². The van der Waals surface area contributed by atoms with Crippen LogP contribution in [0.4, 0.5) is 10.5 Å². The number of anilines is 1. The Hall–Kier alpha value is -1.84. The van der Waals surface area contributed by atoms with E-state index in [1.165, 1.54) is 6.08 Å². The summed E-state index contributed by atoms with van der Waals surface area (Å²) in [5, 5.41) is 2.14. The Morgan fingerprint density at radius 2 is 1.96 bits per heavy atom. The van der Waals surface area contributed by atoms with Crippen molar-refractivity contribution in [1.29, 1.82) is 0 Å². The van der Waals surface area contributed by atoms with Gasteiger partial charge in [0.05, 0.1) is 9.38 Å². The first-order valence-corrected chi connectivity index (χ1v) is 9.39. The van der Waals surface area contributed by atoms with Crippen LogP contribution in [0.25, 0.3) is 6.08 Å². The number of hydrogen-bond acceptors (Lipinski definition) is 5. The predicted octanol–water partition coefficient (Wildman–Crippen LogP) is 4.48. The lowest BCUT2D eigenvalue weighted by Crippen LogP contribution is -2.36. The molecule has 3 amide bonds. The molecular weight excluding hydrogens is 476 g/mol. The lowest BCUT2D eigenvalue weighted by molar-refractivity contribution is -0.127. The fourth-order valence-corrected chi connectivity index (χ4v) is 3.49. The SMILES string of the molecule is O=C(CN1C(=O)S/C(=C\c2cc(Br)c(Br)o2)C1=O)Nc1ccccc1. The van der Waals surface area contributed by atoms with Gasteiger partial charge in [0.15, 0.2) is 4.67 Å². The standard InChI is InChI=1S/C16H10Br2N2O4S/c17-11-6-10(24-14(11)18)7-12-15(22)20(16(23)25-12)8-13(21)19-9-4-2-1-3-5-9/h1-7H,8H2,(H,19,21)/b12-7-. The molecule has 0 spiro atoms. The van der Waals surface area contributed by atoms with Gasteiger partial charge in [0, 0.05) is 11.8 Å². The fraction of sp³-hybridized carbons (Fsp3) is 0.0625. The molecule has 0 radical (unpaired) electrons. The highest BCUT2D eigenvalue weighted by molar-refractivity contribution is 9.13. The molecule has 0 atom stereocenters. The van der Waals surface area contributed by atoms with E-state index >= 15 is 0 Å². The van der Waals surface area contributed by atoms with Gasteiger partial charge in [0.25, 0.3) is 11.1 Å². The fourth-order valence-electron chi connectivity index (χ4n) is 2.07. The van der Waals surface area contributed by atoms with E-state index in [0.29, 0.717) is 20.6 Å². The molecule has 2 aromatic rings. The van der Waals surface area contributed by atoms with Crippen molar-refractivity contribution in [3.63, 3.8) is 0 Å². The summed E-state index contributed by atoms with van der Waals surface area (Å²) in [4.78, 5) is 37.6. The first-order valence-electron chi connectivity index (χ1n) is 6.99. The van der Waals surface area contributed by atoms with E-state index in [1.807, 2.05) is 6.07 Å². The molecule has 6 nitrogen and oxygen atoms in total. The normalized spacial score (nSPS) is 15.9. The van der Waals surface area contributed by atoms with E-state index in [9.17, 15) is 14.4 Å². The molecule has 1 fully saturated rings. The van der Waals surface area contributed by atoms with E-state index in [2.05, 4.69) is 37.2 Å².